The number of rotatable bonds is 2. The first kappa shape index (κ1) is 17.4. The molecule has 3 saturated carbocycles. The molecule has 0 aromatic heterocycles. The molecule has 0 amide bonds. The van der Waals surface area contributed by atoms with Crippen LogP contribution < -0.4 is 0 Å². The Balaban J connectivity index is 1.59. The van der Waals surface area contributed by atoms with Crippen LogP contribution in [0.3, 0.4) is 0 Å². The largest absolute Gasteiger partial charge is 0.462 e. The van der Waals surface area contributed by atoms with Crippen molar-refractivity contribution in [3.8, 4) is 0 Å². The predicted octanol–water partition coefficient (Wildman–Crippen LogP) is 5.68. The molecule has 0 aliphatic heterocycles. The maximum absolute atomic E-state index is 11.3. The van der Waals surface area contributed by atoms with E-state index in [9.17, 15) is 4.79 Å². The molecule has 7 atom stereocenters. The Hall–Kier alpha value is -1.05. The molecule has 0 radical (unpaired) electrons. The average molecular weight is 343 g/mol. The summed E-state index contributed by atoms with van der Waals surface area (Å²) in [6.45, 7) is 10.7. The molecule has 4 aliphatic rings. The minimum Gasteiger partial charge on any atom is -0.462 e. The summed E-state index contributed by atoms with van der Waals surface area (Å²) in [7, 11) is 0. The van der Waals surface area contributed by atoms with E-state index in [0.29, 0.717) is 10.8 Å². The Morgan fingerprint density at radius 1 is 1.20 bits per heavy atom. The van der Waals surface area contributed by atoms with E-state index in [1.165, 1.54) is 45.4 Å². The standard InChI is InChI=1S/C23H34O2/c1-5-16-7-9-20-19-8-6-17-14-18(25-15(2)24)10-12-23(17,4)21(19)11-13-22(16,20)3/h5-6,16,18-21H,1,7-14H2,2-4H3. The van der Waals surface area contributed by atoms with Gasteiger partial charge in [0, 0.05) is 13.3 Å². The van der Waals surface area contributed by atoms with Gasteiger partial charge in [0.1, 0.15) is 6.10 Å². The molecule has 138 valence electrons. The third kappa shape index (κ3) is 2.54. The van der Waals surface area contributed by atoms with Crippen LogP contribution >= 0.6 is 0 Å². The summed E-state index contributed by atoms with van der Waals surface area (Å²) in [5.41, 5.74) is 2.42. The Bertz CT molecular complexity index is 605. The molecule has 0 spiro atoms. The molecule has 7 unspecified atom stereocenters. The van der Waals surface area contributed by atoms with Crippen LogP contribution in [0.5, 0.6) is 0 Å². The van der Waals surface area contributed by atoms with Crippen LogP contribution in [-0.2, 0) is 9.53 Å². The number of fused-ring (bicyclic) bond motifs is 5. The molecule has 0 N–H and O–H groups in total. The molecule has 3 fully saturated rings. The SMILES string of the molecule is C=CC1CCC2C3CC=C4CC(OC(C)=O)CCC4(C)C3CCC12C. The van der Waals surface area contributed by atoms with Crippen molar-refractivity contribution in [2.45, 2.75) is 78.2 Å². The summed E-state index contributed by atoms with van der Waals surface area (Å²) in [6.07, 6.45) is 14.8. The van der Waals surface area contributed by atoms with E-state index >= 15 is 0 Å². The lowest BCUT2D eigenvalue weighted by Gasteiger charge is -2.58. The molecule has 0 aromatic rings. The van der Waals surface area contributed by atoms with E-state index in [2.05, 4.69) is 32.6 Å². The van der Waals surface area contributed by atoms with Gasteiger partial charge in [-0.3, -0.25) is 4.79 Å². The summed E-state index contributed by atoms with van der Waals surface area (Å²) in [6, 6.07) is 0. The van der Waals surface area contributed by atoms with Crippen molar-refractivity contribution in [1.29, 1.82) is 0 Å². The van der Waals surface area contributed by atoms with Crippen LogP contribution in [0, 0.1) is 34.5 Å². The second kappa shape index (κ2) is 5.99. The fraction of sp³-hybridized carbons (Fsp3) is 0.783. The molecular formula is C23H34O2. The van der Waals surface area contributed by atoms with E-state index in [1.807, 2.05) is 0 Å². The number of hydrogen-bond acceptors (Lipinski definition) is 2. The summed E-state index contributed by atoms with van der Waals surface area (Å²) in [4.78, 5) is 11.3. The number of ether oxygens (including phenoxy) is 1. The molecule has 0 heterocycles. The van der Waals surface area contributed by atoms with E-state index < -0.39 is 0 Å². The van der Waals surface area contributed by atoms with Crippen LogP contribution in [0.1, 0.15) is 72.1 Å². The van der Waals surface area contributed by atoms with Crippen LogP contribution in [0.4, 0.5) is 0 Å². The van der Waals surface area contributed by atoms with E-state index in [1.54, 1.807) is 5.57 Å². The highest BCUT2D eigenvalue weighted by atomic mass is 16.5. The topological polar surface area (TPSA) is 26.3 Å². The van der Waals surface area contributed by atoms with E-state index in [0.717, 1.165) is 36.5 Å². The summed E-state index contributed by atoms with van der Waals surface area (Å²) < 4.78 is 5.54. The molecule has 2 heteroatoms. The van der Waals surface area contributed by atoms with Crippen molar-refractivity contribution in [1.82, 2.24) is 0 Å². The van der Waals surface area contributed by atoms with Gasteiger partial charge >= 0.3 is 5.97 Å². The molecule has 4 aliphatic carbocycles. The van der Waals surface area contributed by atoms with E-state index in [-0.39, 0.29) is 12.1 Å². The minimum atomic E-state index is -0.127. The van der Waals surface area contributed by atoms with Crippen LogP contribution in [0.15, 0.2) is 24.3 Å². The Morgan fingerprint density at radius 2 is 2.00 bits per heavy atom. The Kier molecular flexibility index (Phi) is 4.16. The van der Waals surface area contributed by atoms with Gasteiger partial charge in [0.15, 0.2) is 0 Å². The number of carbonyl (C=O) groups is 1. The monoisotopic (exact) mass is 342 g/mol. The van der Waals surface area contributed by atoms with Gasteiger partial charge in [-0.15, -0.1) is 6.58 Å². The second-order valence-electron chi connectivity index (χ2n) is 9.70. The van der Waals surface area contributed by atoms with Crippen molar-refractivity contribution in [3.05, 3.63) is 24.3 Å². The molecule has 25 heavy (non-hydrogen) atoms. The van der Waals surface area contributed by atoms with Crippen molar-refractivity contribution in [2.24, 2.45) is 34.5 Å². The number of hydrogen-bond donors (Lipinski definition) is 0. The lowest BCUT2D eigenvalue weighted by atomic mass is 9.47. The minimum absolute atomic E-state index is 0.110. The van der Waals surface area contributed by atoms with Gasteiger partial charge in [-0.2, -0.15) is 0 Å². The maximum Gasteiger partial charge on any atom is 0.302 e. The average Bonchev–Trinajstić information content (AvgIpc) is 2.91. The molecule has 2 nitrogen and oxygen atoms in total. The van der Waals surface area contributed by atoms with E-state index in [4.69, 9.17) is 4.74 Å². The van der Waals surface area contributed by atoms with Crippen LogP contribution in [0.2, 0.25) is 0 Å². The zero-order valence-electron chi connectivity index (χ0n) is 16.2. The van der Waals surface area contributed by atoms with Crippen molar-refractivity contribution in [3.63, 3.8) is 0 Å². The number of allylic oxidation sites excluding steroid dienone is 2. The maximum atomic E-state index is 11.3. The Labute approximate surface area is 153 Å². The van der Waals surface area contributed by atoms with Crippen LogP contribution in [0.25, 0.3) is 0 Å². The highest BCUT2D eigenvalue weighted by Gasteiger charge is 2.58. The summed E-state index contributed by atoms with van der Waals surface area (Å²) in [5, 5.41) is 0. The van der Waals surface area contributed by atoms with Gasteiger partial charge in [0.2, 0.25) is 0 Å². The first-order valence-corrected chi connectivity index (χ1v) is 10.4. The van der Waals surface area contributed by atoms with Crippen molar-refractivity contribution >= 4 is 5.97 Å². The van der Waals surface area contributed by atoms with Gasteiger partial charge in [0.05, 0.1) is 0 Å². The van der Waals surface area contributed by atoms with Gasteiger partial charge in [-0.1, -0.05) is 31.6 Å². The first-order valence-electron chi connectivity index (χ1n) is 10.4. The van der Waals surface area contributed by atoms with Gasteiger partial charge < -0.3 is 4.74 Å². The summed E-state index contributed by atoms with van der Waals surface area (Å²) >= 11 is 0. The molecule has 0 saturated heterocycles. The Morgan fingerprint density at radius 3 is 2.72 bits per heavy atom. The third-order valence-electron chi connectivity index (χ3n) is 8.75. The lowest BCUT2D eigenvalue weighted by molar-refractivity contribution is -0.148. The van der Waals surface area contributed by atoms with Gasteiger partial charge in [-0.25, -0.2) is 0 Å². The smallest absolute Gasteiger partial charge is 0.302 e. The van der Waals surface area contributed by atoms with Crippen molar-refractivity contribution < 1.29 is 9.53 Å². The molecule has 0 bridgehead atoms. The third-order valence-corrected chi connectivity index (χ3v) is 8.75. The zero-order valence-corrected chi connectivity index (χ0v) is 16.2. The number of esters is 1. The zero-order chi connectivity index (χ0) is 17.8. The fourth-order valence-corrected chi connectivity index (χ4v) is 7.39. The fourth-order valence-electron chi connectivity index (χ4n) is 7.39. The van der Waals surface area contributed by atoms with Gasteiger partial charge in [-0.05, 0) is 79.4 Å². The molecule has 4 rings (SSSR count). The van der Waals surface area contributed by atoms with Gasteiger partial charge in [0.25, 0.3) is 0 Å². The van der Waals surface area contributed by atoms with Crippen LogP contribution in [-0.4, -0.2) is 12.1 Å². The lowest BCUT2D eigenvalue weighted by Crippen LogP contribution is -2.50. The normalized spacial score (nSPS) is 48.6. The quantitative estimate of drug-likeness (QED) is 0.476. The molecular weight excluding hydrogens is 308 g/mol. The highest BCUT2D eigenvalue weighted by Crippen LogP contribution is 2.66. The first-order chi connectivity index (χ1) is 11.9. The highest BCUT2D eigenvalue weighted by molar-refractivity contribution is 5.66. The second-order valence-corrected chi connectivity index (χ2v) is 9.70. The summed E-state index contributed by atoms with van der Waals surface area (Å²) in [5.74, 6) is 3.14. The number of carbonyl (C=O) groups excluding carboxylic acids is 1. The predicted molar refractivity (Wildman–Crippen MR) is 101 cm³/mol. The molecule has 0 aromatic carbocycles. The van der Waals surface area contributed by atoms with Crippen molar-refractivity contribution in [2.75, 3.05) is 0 Å².